The Bertz CT molecular complexity index is 1160. The second-order valence-electron chi connectivity index (χ2n) is 8.74. The molecule has 1 saturated heterocycles. The number of ether oxygens (including phenoxy) is 2. The molecule has 2 atom stereocenters. The van der Waals surface area contributed by atoms with Gasteiger partial charge in [-0.15, -0.1) is 5.10 Å². The Kier molecular flexibility index (Phi) is 7.77. The summed E-state index contributed by atoms with van der Waals surface area (Å²) >= 11 is 0. The molecule has 9 nitrogen and oxygen atoms in total. The number of hydrogen-bond acceptors (Lipinski definition) is 7. The van der Waals surface area contributed by atoms with Crippen molar-refractivity contribution < 1.29 is 19.1 Å². The van der Waals surface area contributed by atoms with E-state index in [-0.39, 0.29) is 23.7 Å². The molecule has 3 aromatic rings. The molecule has 0 unspecified atom stereocenters. The lowest BCUT2D eigenvalue weighted by molar-refractivity contribution is -0.125. The van der Waals surface area contributed by atoms with Crippen molar-refractivity contribution in [3.05, 3.63) is 77.1 Å². The highest BCUT2D eigenvalue weighted by atomic mass is 16.5. The van der Waals surface area contributed by atoms with E-state index in [1.165, 1.54) is 12.7 Å². The fraction of sp³-hybridized carbons (Fsp3) is 0.385. The molecule has 1 aromatic heterocycles. The molecule has 1 N–H and O–H groups in total. The lowest BCUT2D eigenvalue weighted by Crippen LogP contribution is -2.43. The highest BCUT2D eigenvalue weighted by Gasteiger charge is 2.38. The number of carbonyl (C=O) groups is 2. The van der Waals surface area contributed by atoms with Crippen LogP contribution < -0.4 is 10.1 Å². The number of methoxy groups -OCH3 is 2. The number of hydrogen-bond donors (Lipinski definition) is 1. The highest BCUT2D eigenvalue weighted by Crippen LogP contribution is 2.30. The van der Waals surface area contributed by atoms with E-state index in [2.05, 4.69) is 38.7 Å². The Morgan fingerprint density at radius 1 is 1.11 bits per heavy atom. The Hall–Kier alpha value is -3.72. The molecule has 1 aliphatic heterocycles. The summed E-state index contributed by atoms with van der Waals surface area (Å²) in [4.78, 5) is 27.2. The maximum atomic E-state index is 13.2. The van der Waals surface area contributed by atoms with Gasteiger partial charge in [0.1, 0.15) is 5.75 Å². The number of aromatic nitrogens is 3. The number of benzene rings is 2. The van der Waals surface area contributed by atoms with Gasteiger partial charge in [-0.05, 0) is 42.5 Å². The third kappa shape index (κ3) is 5.86. The van der Waals surface area contributed by atoms with E-state index in [1.807, 2.05) is 37.3 Å². The van der Waals surface area contributed by atoms with Crippen molar-refractivity contribution in [3.8, 4) is 5.75 Å². The van der Waals surface area contributed by atoms with Crippen LogP contribution in [0.2, 0.25) is 0 Å². The number of amides is 1. The number of nitrogens with zero attached hydrogens (tertiary/aromatic N) is 4. The molecule has 2 heterocycles. The summed E-state index contributed by atoms with van der Waals surface area (Å²) in [5.41, 5.74) is 3.48. The van der Waals surface area contributed by atoms with Crippen molar-refractivity contribution in [1.82, 2.24) is 25.2 Å². The molecule has 1 amide bonds. The molecule has 35 heavy (non-hydrogen) atoms. The van der Waals surface area contributed by atoms with Gasteiger partial charge < -0.3 is 14.8 Å². The summed E-state index contributed by atoms with van der Waals surface area (Å²) in [5.74, 6) is 0.290. The SMILES string of the molecule is COC(=O)c1cn([C@H]2C[C@@H](C(=O)NCCc3ccccc3)N(Cc3ccc(OC)c(C)c3)C2)nn1. The van der Waals surface area contributed by atoms with Crippen molar-refractivity contribution in [2.75, 3.05) is 27.3 Å². The monoisotopic (exact) mass is 477 g/mol. The third-order valence-electron chi connectivity index (χ3n) is 6.36. The van der Waals surface area contributed by atoms with Crippen LogP contribution in [0.25, 0.3) is 0 Å². The van der Waals surface area contributed by atoms with E-state index in [0.717, 1.165) is 23.3 Å². The van der Waals surface area contributed by atoms with Gasteiger partial charge in [-0.25, -0.2) is 9.48 Å². The van der Waals surface area contributed by atoms with Crippen molar-refractivity contribution in [2.45, 2.75) is 38.4 Å². The molecule has 0 bridgehead atoms. The first-order chi connectivity index (χ1) is 17.0. The van der Waals surface area contributed by atoms with Crippen LogP contribution in [0.4, 0.5) is 0 Å². The van der Waals surface area contributed by atoms with Crippen LogP contribution in [0.1, 0.15) is 39.6 Å². The van der Waals surface area contributed by atoms with Gasteiger partial charge in [0.2, 0.25) is 5.91 Å². The first kappa shape index (κ1) is 24.4. The topological polar surface area (TPSA) is 98.6 Å². The van der Waals surface area contributed by atoms with Gasteiger partial charge in [0.05, 0.1) is 32.5 Å². The van der Waals surface area contributed by atoms with E-state index in [0.29, 0.717) is 26.1 Å². The number of nitrogens with one attached hydrogen (secondary N) is 1. The number of likely N-dealkylation sites (tertiary alicyclic amines) is 1. The van der Waals surface area contributed by atoms with Crippen molar-refractivity contribution in [3.63, 3.8) is 0 Å². The quantitative estimate of drug-likeness (QED) is 0.473. The molecule has 9 heteroatoms. The molecule has 2 aromatic carbocycles. The zero-order chi connectivity index (χ0) is 24.8. The zero-order valence-corrected chi connectivity index (χ0v) is 20.3. The summed E-state index contributed by atoms with van der Waals surface area (Å²) in [5, 5.41) is 11.2. The van der Waals surface area contributed by atoms with E-state index < -0.39 is 5.97 Å². The first-order valence-electron chi connectivity index (χ1n) is 11.7. The molecular weight excluding hydrogens is 446 g/mol. The first-order valence-corrected chi connectivity index (χ1v) is 11.7. The Labute approximate surface area is 205 Å². The van der Waals surface area contributed by atoms with Crippen LogP contribution in [0.5, 0.6) is 5.75 Å². The Morgan fingerprint density at radius 2 is 1.91 bits per heavy atom. The summed E-state index contributed by atoms with van der Waals surface area (Å²) in [6.45, 7) is 3.78. The minimum Gasteiger partial charge on any atom is -0.496 e. The van der Waals surface area contributed by atoms with Crippen LogP contribution in [-0.2, 0) is 22.5 Å². The Balaban J connectivity index is 1.48. The molecule has 0 radical (unpaired) electrons. The Morgan fingerprint density at radius 3 is 2.63 bits per heavy atom. The minimum atomic E-state index is -0.532. The van der Waals surface area contributed by atoms with E-state index in [9.17, 15) is 9.59 Å². The van der Waals surface area contributed by atoms with Gasteiger partial charge in [0, 0.05) is 19.6 Å². The smallest absolute Gasteiger partial charge is 0.360 e. The molecular formula is C26H31N5O4. The fourth-order valence-electron chi connectivity index (χ4n) is 4.54. The minimum absolute atomic E-state index is 0.0121. The average molecular weight is 478 g/mol. The van der Waals surface area contributed by atoms with Crippen LogP contribution in [0.15, 0.2) is 54.7 Å². The summed E-state index contributed by atoms with van der Waals surface area (Å²) in [7, 11) is 2.97. The standard InChI is InChI=1S/C26H31N5O4/c1-18-13-20(9-10-24(18)34-2)15-30-16-21(31-17-22(28-29-31)26(33)35-3)14-23(30)25(32)27-12-11-19-7-5-4-6-8-19/h4-10,13,17,21,23H,11-12,14-16H2,1-3H3,(H,27,32)/t21-,23-/m0/s1. The maximum Gasteiger partial charge on any atom is 0.360 e. The summed E-state index contributed by atoms with van der Waals surface area (Å²) in [6, 6.07) is 15.7. The molecule has 0 aliphatic carbocycles. The van der Waals surface area contributed by atoms with E-state index in [4.69, 9.17) is 9.47 Å². The second kappa shape index (κ2) is 11.1. The summed E-state index contributed by atoms with van der Waals surface area (Å²) in [6.07, 6.45) is 2.92. The maximum absolute atomic E-state index is 13.2. The van der Waals surface area contributed by atoms with E-state index >= 15 is 0 Å². The largest absolute Gasteiger partial charge is 0.496 e. The van der Waals surface area contributed by atoms with Gasteiger partial charge >= 0.3 is 5.97 Å². The number of esters is 1. The predicted molar refractivity (Wildman–Crippen MR) is 130 cm³/mol. The zero-order valence-electron chi connectivity index (χ0n) is 20.3. The number of aryl methyl sites for hydroxylation is 1. The second-order valence-corrected chi connectivity index (χ2v) is 8.74. The van der Waals surface area contributed by atoms with Crippen LogP contribution in [-0.4, -0.2) is 65.1 Å². The molecule has 1 fully saturated rings. The van der Waals surface area contributed by atoms with Gasteiger partial charge in [-0.3, -0.25) is 9.69 Å². The third-order valence-corrected chi connectivity index (χ3v) is 6.36. The van der Waals surface area contributed by atoms with Crippen molar-refractivity contribution in [2.24, 2.45) is 0 Å². The molecule has 0 saturated carbocycles. The van der Waals surface area contributed by atoms with E-state index in [1.54, 1.807) is 18.0 Å². The van der Waals surface area contributed by atoms with Gasteiger partial charge in [-0.1, -0.05) is 47.7 Å². The van der Waals surface area contributed by atoms with Crippen LogP contribution in [0.3, 0.4) is 0 Å². The highest BCUT2D eigenvalue weighted by molar-refractivity contribution is 5.86. The van der Waals surface area contributed by atoms with Crippen molar-refractivity contribution in [1.29, 1.82) is 0 Å². The predicted octanol–water partition coefficient (Wildman–Crippen LogP) is 2.56. The molecule has 0 spiro atoms. The van der Waals surface area contributed by atoms with Crippen molar-refractivity contribution >= 4 is 11.9 Å². The van der Waals surface area contributed by atoms with Gasteiger partial charge in [0.25, 0.3) is 0 Å². The number of carbonyl (C=O) groups excluding carboxylic acids is 2. The number of rotatable bonds is 9. The average Bonchev–Trinajstić information content (AvgIpc) is 3.52. The van der Waals surface area contributed by atoms with Gasteiger partial charge in [-0.2, -0.15) is 0 Å². The van der Waals surface area contributed by atoms with Crippen LogP contribution >= 0.6 is 0 Å². The van der Waals surface area contributed by atoms with Gasteiger partial charge in [0.15, 0.2) is 5.69 Å². The molecule has 184 valence electrons. The normalized spacial score (nSPS) is 17.8. The summed E-state index contributed by atoms with van der Waals surface area (Å²) < 4.78 is 11.8. The fourth-order valence-corrected chi connectivity index (χ4v) is 4.54. The lowest BCUT2D eigenvalue weighted by atomic mass is 10.1. The lowest BCUT2D eigenvalue weighted by Gasteiger charge is -2.24. The molecule has 1 aliphatic rings. The van der Waals surface area contributed by atoms with Crippen LogP contribution in [0, 0.1) is 6.92 Å². The molecule has 4 rings (SSSR count).